The number of hydrogen-bond acceptors (Lipinski definition) is 3. The molecule has 0 spiro atoms. The van der Waals surface area contributed by atoms with Gasteiger partial charge in [0.1, 0.15) is 5.75 Å². The summed E-state index contributed by atoms with van der Waals surface area (Å²) in [5.41, 5.74) is 0.479. The predicted molar refractivity (Wildman–Crippen MR) is 59.7 cm³/mol. The summed E-state index contributed by atoms with van der Waals surface area (Å²) in [7, 11) is 0. The van der Waals surface area contributed by atoms with Crippen LogP contribution in [-0.2, 0) is 11.4 Å². The molecule has 2 N–H and O–H groups in total. The second-order valence-corrected chi connectivity index (χ2v) is 3.65. The largest absolute Gasteiger partial charge is 0.479 e. The van der Waals surface area contributed by atoms with E-state index in [4.69, 9.17) is 26.6 Å². The molecule has 1 atom stereocenters. The van der Waals surface area contributed by atoms with Gasteiger partial charge in [-0.05, 0) is 12.5 Å². The van der Waals surface area contributed by atoms with Gasteiger partial charge in [-0.1, -0.05) is 30.7 Å². The maximum Gasteiger partial charge on any atom is 0.344 e. The molecule has 0 heterocycles. The number of rotatable bonds is 5. The molecule has 0 saturated carbocycles. The lowest BCUT2D eigenvalue weighted by Crippen LogP contribution is -2.26. The molecule has 0 amide bonds. The molecule has 0 aliphatic carbocycles. The number of benzene rings is 1. The van der Waals surface area contributed by atoms with E-state index in [0.717, 1.165) is 0 Å². The molecule has 0 aromatic heterocycles. The third-order valence-corrected chi connectivity index (χ3v) is 2.42. The van der Waals surface area contributed by atoms with Crippen molar-refractivity contribution in [1.82, 2.24) is 0 Å². The summed E-state index contributed by atoms with van der Waals surface area (Å²) in [6, 6.07) is 4.89. The zero-order chi connectivity index (χ0) is 12.1. The molecule has 88 valence electrons. The lowest BCUT2D eigenvalue weighted by molar-refractivity contribution is -0.145. The van der Waals surface area contributed by atoms with Gasteiger partial charge in [-0.15, -0.1) is 0 Å². The van der Waals surface area contributed by atoms with Crippen LogP contribution >= 0.6 is 11.6 Å². The molecule has 1 unspecified atom stereocenters. The third-order valence-electron chi connectivity index (χ3n) is 2.13. The Morgan fingerprint density at radius 2 is 2.25 bits per heavy atom. The summed E-state index contributed by atoms with van der Waals surface area (Å²) >= 11 is 5.88. The monoisotopic (exact) mass is 244 g/mol. The van der Waals surface area contributed by atoms with Gasteiger partial charge in [0.15, 0.2) is 6.10 Å². The molecule has 0 saturated heterocycles. The molecule has 0 radical (unpaired) electrons. The second-order valence-electron chi connectivity index (χ2n) is 3.24. The summed E-state index contributed by atoms with van der Waals surface area (Å²) < 4.78 is 5.29. The van der Waals surface area contributed by atoms with E-state index in [2.05, 4.69) is 0 Å². The van der Waals surface area contributed by atoms with E-state index in [1.807, 2.05) is 0 Å². The number of aliphatic hydroxyl groups is 1. The van der Waals surface area contributed by atoms with Gasteiger partial charge in [-0.2, -0.15) is 0 Å². The predicted octanol–water partition coefficient (Wildman–Crippen LogP) is 2.07. The number of aliphatic carboxylic acids is 1. The number of para-hydroxylation sites is 1. The first kappa shape index (κ1) is 12.8. The van der Waals surface area contributed by atoms with Gasteiger partial charge in [0.2, 0.25) is 0 Å². The minimum atomic E-state index is -1.05. The van der Waals surface area contributed by atoms with Gasteiger partial charge in [-0.25, -0.2) is 4.79 Å². The van der Waals surface area contributed by atoms with E-state index in [1.165, 1.54) is 0 Å². The first-order chi connectivity index (χ1) is 7.60. The van der Waals surface area contributed by atoms with Crippen molar-refractivity contribution in [2.45, 2.75) is 26.1 Å². The van der Waals surface area contributed by atoms with E-state index >= 15 is 0 Å². The molecule has 0 bridgehead atoms. The van der Waals surface area contributed by atoms with Gasteiger partial charge in [-0.3, -0.25) is 0 Å². The maximum atomic E-state index is 10.8. The van der Waals surface area contributed by atoms with Crippen LogP contribution in [0.2, 0.25) is 5.02 Å². The normalized spacial score (nSPS) is 12.2. The number of ether oxygens (including phenoxy) is 1. The molecule has 0 fully saturated rings. The highest BCUT2D eigenvalue weighted by molar-refractivity contribution is 6.32. The number of carboxylic acids is 1. The Hall–Kier alpha value is -1.26. The molecule has 0 aliphatic heterocycles. The van der Waals surface area contributed by atoms with E-state index in [0.29, 0.717) is 17.0 Å². The third kappa shape index (κ3) is 2.87. The molecule has 16 heavy (non-hydrogen) atoms. The van der Waals surface area contributed by atoms with Crippen molar-refractivity contribution in [1.29, 1.82) is 0 Å². The average molecular weight is 245 g/mol. The number of aliphatic hydroxyl groups excluding tert-OH is 1. The lowest BCUT2D eigenvalue weighted by atomic mass is 10.2. The lowest BCUT2D eigenvalue weighted by Gasteiger charge is -2.16. The second kappa shape index (κ2) is 5.72. The Balaban J connectivity index is 2.98. The van der Waals surface area contributed by atoms with E-state index < -0.39 is 12.1 Å². The van der Waals surface area contributed by atoms with Gasteiger partial charge >= 0.3 is 5.97 Å². The minimum Gasteiger partial charge on any atom is -0.479 e. The highest BCUT2D eigenvalue weighted by atomic mass is 35.5. The number of carboxylic acid groups (broad SMARTS) is 1. The maximum absolute atomic E-state index is 10.8. The fraction of sp³-hybridized carbons (Fsp3) is 0.364. The van der Waals surface area contributed by atoms with Gasteiger partial charge in [0, 0.05) is 5.56 Å². The fourth-order valence-electron chi connectivity index (χ4n) is 1.26. The summed E-state index contributed by atoms with van der Waals surface area (Å²) in [5, 5.41) is 18.2. The Bertz CT molecular complexity index is 378. The van der Waals surface area contributed by atoms with Crippen LogP contribution in [0, 0.1) is 0 Å². The van der Waals surface area contributed by atoms with Gasteiger partial charge < -0.3 is 14.9 Å². The van der Waals surface area contributed by atoms with Crippen LogP contribution in [0.5, 0.6) is 5.75 Å². The Labute approximate surface area is 98.4 Å². The summed E-state index contributed by atoms with van der Waals surface area (Å²) in [5.74, 6) is -0.813. The van der Waals surface area contributed by atoms with Crippen LogP contribution in [-0.4, -0.2) is 22.3 Å². The van der Waals surface area contributed by atoms with Crippen LogP contribution in [0.4, 0.5) is 0 Å². The molecule has 4 nitrogen and oxygen atoms in total. The number of halogens is 1. The molecule has 0 aliphatic rings. The molecular weight excluding hydrogens is 232 g/mol. The van der Waals surface area contributed by atoms with Gasteiger partial charge in [0.25, 0.3) is 0 Å². The van der Waals surface area contributed by atoms with Crippen molar-refractivity contribution in [3.8, 4) is 5.75 Å². The number of hydrogen-bond donors (Lipinski definition) is 2. The fourth-order valence-corrected chi connectivity index (χ4v) is 1.50. The van der Waals surface area contributed by atoms with Crippen molar-refractivity contribution in [3.63, 3.8) is 0 Å². The highest BCUT2D eigenvalue weighted by Gasteiger charge is 2.19. The molecule has 1 aromatic rings. The van der Waals surface area contributed by atoms with E-state index in [9.17, 15) is 4.79 Å². The SMILES string of the molecule is CCC(Oc1c(Cl)cccc1CO)C(=O)O. The zero-order valence-electron chi connectivity index (χ0n) is 8.81. The van der Waals surface area contributed by atoms with E-state index in [-0.39, 0.29) is 12.4 Å². The topological polar surface area (TPSA) is 66.8 Å². The van der Waals surface area contributed by atoms with Crippen molar-refractivity contribution >= 4 is 17.6 Å². The molecule has 1 rings (SSSR count). The zero-order valence-corrected chi connectivity index (χ0v) is 9.57. The Morgan fingerprint density at radius 3 is 2.75 bits per heavy atom. The van der Waals surface area contributed by atoms with Crippen LogP contribution in [0.3, 0.4) is 0 Å². The summed E-state index contributed by atoms with van der Waals surface area (Å²) in [6.45, 7) is 1.46. The average Bonchev–Trinajstić information content (AvgIpc) is 2.26. The number of carbonyl (C=O) groups is 1. The first-order valence-electron chi connectivity index (χ1n) is 4.87. The van der Waals surface area contributed by atoms with Gasteiger partial charge in [0.05, 0.1) is 11.6 Å². The summed E-state index contributed by atoms with van der Waals surface area (Å²) in [4.78, 5) is 10.8. The summed E-state index contributed by atoms with van der Waals surface area (Å²) in [6.07, 6.45) is -0.629. The van der Waals surface area contributed by atoms with Crippen molar-refractivity contribution in [2.24, 2.45) is 0 Å². The Morgan fingerprint density at radius 1 is 1.56 bits per heavy atom. The standard InChI is InChI=1S/C11H13ClO4/c1-2-9(11(14)15)16-10-7(6-13)4-3-5-8(10)12/h3-5,9,13H,2,6H2,1H3,(H,14,15). The molecular formula is C11H13ClO4. The van der Waals surface area contributed by atoms with Crippen LogP contribution in [0.25, 0.3) is 0 Å². The highest BCUT2D eigenvalue weighted by Crippen LogP contribution is 2.30. The van der Waals surface area contributed by atoms with Crippen molar-refractivity contribution in [2.75, 3.05) is 0 Å². The molecule has 5 heteroatoms. The van der Waals surface area contributed by atoms with Crippen molar-refractivity contribution < 1.29 is 19.7 Å². The Kier molecular flexibility index (Phi) is 4.58. The van der Waals surface area contributed by atoms with Crippen LogP contribution < -0.4 is 4.74 Å². The quantitative estimate of drug-likeness (QED) is 0.832. The van der Waals surface area contributed by atoms with Crippen molar-refractivity contribution in [3.05, 3.63) is 28.8 Å². The van der Waals surface area contributed by atoms with Crippen LogP contribution in [0.1, 0.15) is 18.9 Å². The first-order valence-corrected chi connectivity index (χ1v) is 5.25. The smallest absolute Gasteiger partial charge is 0.344 e. The minimum absolute atomic E-state index is 0.237. The van der Waals surface area contributed by atoms with E-state index in [1.54, 1.807) is 25.1 Å². The van der Waals surface area contributed by atoms with Crippen LogP contribution in [0.15, 0.2) is 18.2 Å². The molecule has 1 aromatic carbocycles.